The molecule has 1 aromatic heterocycles. The molecule has 0 aliphatic heterocycles. The van der Waals surface area contributed by atoms with Crippen LogP contribution in [0.15, 0.2) is 29.4 Å². The zero-order valence-corrected chi connectivity index (χ0v) is 11.7. The molecule has 1 heterocycles. The second-order valence-electron chi connectivity index (χ2n) is 3.95. The second kappa shape index (κ2) is 5.74. The molecule has 0 amide bonds. The van der Waals surface area contributed by atoms with Gasteiger partial charge in [-0.15, -0.1) is 0 Å². The average Bonchev–Trinajstić information content (AvgIpc) is 2.40. The molecule has 0 saturated heterocycles. The van der Waals surface area contributed by atoms with Gasteiger partial charge in [0.25, 0.3) is 0 Å². The molecule has 0 bridgehead atoms. The first-order chi connectivity index (χ1) is 9.49. The molecule has 2 N–H and O–H groups in total. The van der Waals surface area contributed by atoms with Crippen LogP contribution in [0.25, 0.3) is 0 Å². The summed E-state index contributed by atoms with van der Waals surface area (Å²) < 4.78 is 5.46. The van der Waals surface area contributed by atoms with Crippen molar-refractivity contribution in [3.05, 3.63) is 39.9 Å². The van der Waals surface area contributed by atoms with E-state index in [0.29, 0.717) is 5.16 Å². The molecule has 2 rings (SSSR count). The van der Waals surface area contributed by atoms with Crippen LogP contribution < -0.4 is 10.5 Å². The molecule has 1 aromatic carbocycles. The van der Waals surface area contributed by atoms with Crippen LogP contribution in [-0.2, 0) is 0 Å². The summed E-state index contributed by atoms with van der Waals surface area (Å²) in [5.41, 5.74) is 6.29. The summed E-state index contributed by atoms with van der Waals surface area (Å²) in [5.74, 6) is 0.536. The number of nitrogens with two attached hydrogens (primary N) is 1. The fourth-order valence-electron chi connectivity index (χ4n) is 1.53. The standard InChI is InChI=1S/C12H12N4O3S/c1-7-3-4-9(8(5-7)16(17)18)19-11-6-10(13)14-12(15-11)20-2/h3-6H,1-2H3,(H2,13,14,15). The van der Waals surface area contributed by atoms with E-state index in [1.807, 2.05) is 0 Å². The van der Waals surface area contributed by atoms with Gasteiger partial charge in [0, 0.05) is 12.1 Å². The zero-order valence-electron chi connectivity index (χ0n) is 10.9. The van der Waals surface area contributed by atoms with Gasteiger partial charge in [0.15, 0.2) is 5.16 Å². The number of nitrogens with zero attached hydrogens (tertiary/aromatic N) is 3. The summed E-state index contributed by atoms with van der Waals surface area (Å²) >= 11 is 1.30. The van der Waals surface area contributed by atoms with Crippen LogP contribution in [0.3, 0.4) is 0 Å². The van der Waals surface area contributed by atoms with Crippen LogP contribution in [0, 0.1) is 17.0 Å². The van der Waals surface area contributed by atoms with Crippen LogP contribution in [0.5, 0.6) is 11.6 Å². The van der Waals surface area contributed by atoms with Crippen molar-refractivity contribution in [2.45, 2.75) is 12.1 Å². The summed E-state index contributed by atoms with van der Waals surface area (Å²) in [4.78, 5) is 18.6. The molecule has 7 nitrogen and oxygen atoms in total. The predicted octanol–water partition coefficient (Wildman–Crippen LogP) is 2.79. The third-order valence-corrected chi connectivity index (χ3v) is 2.96. The Labute approximate surface area is 119 Å². The highest BCUT2D eigenvalue weighted by molar-refractivity contribution is 7.98. The van der Waals surface area contributed by atoms with E-state index < -0.39 is 4.92 Å². The number of benzene rings is 1. The largest absolute Gasteiger partial charge is 0.432 e. The summed E-state index contributed by atoms with van der Waals surface area (Å²) in [6.07, 6.45) is 1.80. The minimum atomic E-state index is -0.498. The maximum atomic E-state index is 11.0. The van der Waals surface area contributed by atoms with Gasteiger partial charge in [0.05, 0.1) is 4.92 Å². The Morgan fingerprint density at radius 2 is 2.10 bits per heavy atom. The van der Waals surface area contributed by atoms with E-state index in [0.717, 1.165) is 5.56 Å². The normalized spacial score (nSPS) is 10.3. The lowest BCUT2D eigenvalue weighted by molar-refractivity contribution is -0.385. The van der Waals surface area contributed by atoms with Gasteiger partial charge in [-0.1, -0.05) is 17.8 Å². The molecule has 2 aromatic rings. The molecular weight excluding hydrogens is 280 g/mol. The zero-order chi connectivity index (χ0) is 14.7. The lowest BCUT2D eigenvalue weighted by Crippen LogP contribution is -1.99. The Kier molecular flexibility index (Phi) is 4.04. The maximum Gasteiger partial charge on any atom is 0.311 e. The van der Waals surface area contributed by atoms with E-state index >= 15 is 0 Å². The topological polar surface area (TPSA) is 104 Å². The number of rotatable bonds is 4. The lowest BCUT2D eigenvalue weighted by Gasteiger charge is -2.07. The molecule has 8 heteroatoms. The molecule has 0 aliphatic carbocycles. The fraction of sp³-hybridized carbons (Fsp3) is 0.167. The van der Waals surface area contributed by atoms with Crippen molar-refractivity contribution < 1.29 is 9.66 Å². The number of nitro groups is 1. The fourth-order valence-corrected chi connectivity index (χ4v) is 1.91. The van der Waals surface area contributed by atoms with E-state index in [9.17, 15) is 10.1 Å². The van der Waals surface area contributed by atoms with Crippen molar-refractivity contribution in [2.75, 3.05) is 12.0 Å². The number of hydrogen-bond donors (Lipinski definition) is 1. The highest BCUT2D eigenvalue weighted by Gasteiger charge is 2.17. The number of aryl methyl sites for hydroxylation is 1. The third-order valence-electron chi connectivity index (χ3n) is 2.41. The Bertz CT molecular complexity index is 663. The number of hydrogen-bond acceptors (Lipinski definition) is 7. The van der Waals surface area contributed by atoms with Crippen molar-refractivity contribution in [1.82, 2.24) is 9.97 Å². The SMILES string of the molecule is CSc1nc(N)cc(Oc2ccc(C)cc2[N+](=O)[O-])n1. The van der Waals surface area contributed by atoms with Crippen molar-refractivity contribution in [3.63, 3.8) is 0 Å². The van der Waals surface area contributed by atoms with Crippen molar-refractivity contribution in [2.24, 2.45) is 0 Å². The van der Waals surface area contributed by atoms with Crippen molar-refractivity contribution in [1.29, 1.82) is 0 Å². The van der Waals surface area contributed by atoms with Crippen LogP contribution in [0.2, 0.25) is 0 Å². The average molecular weight is 292 g/mol. The Morgan fingerprint density at radius 3 is 2.75 bits per heavy atom. The van der Waals surface area contributed by atoms with E-state index in [2.05, 4.69) is 9.97 Å². The Hall–Kier alpha value is -2.35. The van der Waals surface area contributed by atoms with Gasteiger partial charge in [-0.2, -0.15) is 4.98 Å². The highest BCUT2D eigenvalue weighted by atomic mass is 32.2. The number of aromatic nitrogens is 2. The van der Waals surface area contributed by atoms with Crippen molar-refractivity contribution in [3.8, 4) is 11.6 Å². The molecule has 104 valence electrons. The van der Waals surface area contributed by atoms with Gasteiger partial charge in [-0.25, -0.2) is 4.98 Å². The van der Waals surface area contributed by atoms with E-state index in [1.165, 1.54) is 30.0 Å². The summed E-state index contributed by atoms with van der Waals surface area (Å²) in [7, 11) is 0. The highest BCUT2D eigenvalue weighted by Crippen LogP contribution is 2.32. The smallest absolute Gasteiger partial charge is 0.311 e. The summed E-state index contributed by atoms with van der Waals surface area (Å²) in [5, 5.41) is 11.5. The lowest BCUT2D eigenvalue weighted by atomic mass is 10.2. The van der Waals surface area contributed by atoms with Crippen LogP contribution >= 0.6 is 11.8 Å². The number of ether oxygens (including phenoxy) is 1. The first-order valence-corrected chi connectivity index (χ1v) is 6.83. The molecule has 0 saturated carbocycles. The first kappa shape index (κ1) is 14.1. The number of nitrogen functional groups attached to an aromatic ring is 1. The molecule has 20 heavy (non-hydrogen) atoms. The second-order valence-corrected chi connectivity index (χ2v) is 4.72. The maximum absolute atomic E-state index is 11.0. The summed E-state index contributed by atoms with van der Waals surface area (Å²) in [6, 6.07) is 6.12. The van der Waals surface area contributed by atoms with Gasteiger partial charge < -0.3 is 10.5 Å². The number of nitro benzene ring substituents is 1. The Balaban J connectivity index is 2.39. The van der Waals surface area contributed by atoms with Crippen LogP contribution in [0.1, 0.15) is 5.56 Å². The summed E-state index contributed by atoms with van der Waals surface area (Å²) in [6.45, 7) is 1.77. The van der Waals surface area contributed by atoms with Crippen LogP contribution in [-0.4, -0.2) is 21.1 Å². The van der Waals surface area contributed by atoms with E-state index in [-0.39, 0.29) is 23.1 Å². The molecule has 0 atom stereocenters. The Morgan fingerprint density at radius 1 is 1.35 bits per heavy atom. The van der Waals surface area contributed by atoms with E-state index in [1.54, 1.807) is 19.2 Å². The molecule has 0 unspecified atom stereocenters. The van der Waals surface area contributed by atoms with Gasteiger partial charge in [0.2, 0.25) is 11.6 Å². The van der Waals surface area contributed by atoms with Gasteiger partial charge in [-0.05, 0) is 24.8 Å². The number of anilines is 1. The number of thioether (sulfide) groups is 1. The minimum absolute atomic E-state index is 0.116. The minimum Gasteiger partial charge on any atom is -0.432 e. The first-order valence-electron chi connectivity index (χ1n) is 5.61. The quantitative estimate of drug-likeness (QED) is 0.400. The molecule has 0 aliphatic rings. The third kappa shape index (κ3) is 3.15. The molecular formula is C12H12N4O3S. The monoisotopic (exact) mass is 292 g/mol. The molecule has 0 radical (unpaired) electrons. The van der Waals surface area contributed by atoms with Gasteiger partial charge in [0.1, 0.15) is 5.82 Å². The van der Waals surface area contributed by atoms with E-state index in [4.69, 9.17) is 10.5 Å². The molecule has 0 spiro atoms. The molecule has 0 fully saturated rings. The van der Waals surface area contributed by atoms with Crippen LogP contribution in [0.4, 0.5) is 11.5 Å². The van der Waals surface area contributed by atoms with Gasteiger partial charge >= 0.3 is 5.69 Å². The van der Waals surface area contributed by atoms with Crippen molar-refractivity contribution >= 4 is 23.3 Å². The predicted molar refractivity (Wildman–Crippen MR) is 76.1 cm³/mol. The van der Waals surface area contributed by atoms with Gasteiger partial charge in [-0.3, -0.25) is 10.1 Å².